The summed E-state index contributed by atoms with van der Waals surface area (Å²) in [5.74, 6) is 2.59. The van der Waals surface area contributed by atoms with Crippen molar-refractivity contribution in [2.45, 2.75) is 13.8 Å². The monoisotopic (exact) mass is 252 g/mol. The van der Waals surface area contributed by atoms with Gasteiger partial charge in [0.1, 0.15) is 11.5 Å². The molecule has 0 aromatic heterocycles. The first kappa shape index (κ1) is 14.6. The molecular weight excluding hydrogens is 228 g/mol. The van der Waals surface area contributed by atoms with Crippen molar-refractivity contribution in [3.05, 3.63) is 18.2 Å². The minimum atomic E-state index is 0.455. The molecule has 0 aliphatic heterocycles. The van der Waals surface area contributed by atoms with Gasteiger partial charge in [-0.2, -0.15) is 0 Å². The summed E-state index contributed by atoms with van der Waals surface area (Å²) in [4.78, 5) is 0. The molecule has 0 radical (unpaired) electrons. The third-order valence-corrected chi connectivity index (χ3v) is 3.21. The van der Waals surface area contributed by atoms with E-state index in [0.29, 0.717) is 18.4 Å². The van der Waals surface area contributed by atoms with Gasteiger partial charge in [-0.1, -0.05) is 13.8 Å². The number of nitrogens with one attached hydrogen (secondary N) is 1. The summed E-state index contributed by atoms with van der Waals surface area (Å²) >= 11 is 0. The lowest BCUT2D eigenvalue weighted by molar-refractivity contribution is 0.393. The zero-order valence-corrected chi connectivity index (χ0v) is 11.7. The van der Waals surface area contributed by atoms with Crippen molar-refractivity contribution in [2.24, 2.45) is 17.6 Å². The van der Waals surface area contributed by atoms with Gasteiger partial charge in [0.2, 0.25) is 0 Å². The average molecular weight is 252 g/mol. The smallest absolute Gasteiger partial charge is 0.145 e. The van der Waals surface area contributed by atoms with Gasteiger partial charge in [0, 0.05) is 12.6 Å². The molecule has 1 aromatic rings. The molecule has 0 aliphatic rings. The van der Waals surface area contributed by atoms with Gasteiger partial charge >= 0.3 is 0 Å². The molecule has 0 amide bonds. The topological polar surface area (TPSA) is 56.5 Å². The van der Waals surface area contributed by atoms with Crippen LogP contribution >= 0.6 is 0 Å². The second kappa shape index (κ2) is 7.11. The molecule has 0 fully saturated rings. The van der Waals surface area contributed by atoms with E-state index in [1.807, 2.05) is 18.2 Å². The van der Waals surface area contributed by atoms with Crippen LogP contribution in [-0.4, -0.2) is 27.3 Å². The van der Waals surface area contributed by atoms with Crippen LogP contribution in [0.25, 0.3) is 0 Å². The lowest BCUT2D eigenvalue weighted by Crippen LogP contribution is -2.27. The second-order valence-corrected chi connectivity index (χ2v) is 4.69. The first-order valence-corrected chi connectivity index (χ1v) is 6.28. The number of anilines is 1. The number of ether oxygens (including phenoxy) is 2. The zero-order chi connectivity index (χ0) is 13.5. The lowest BCUT2D eigenvalue weighted by atomic mass is 9.96. The van der Waals surface area contributed by atoms with Crippen molar-refractivity contribution in [2.75, 3.05) is 32.6 Å². The van der Waals surface area contributed by atoms with Crippen molar-refractivity contribution in [1.82, 2.24) is 0 Å². The molecule has 1 rings (SSSR count). The summed E-state index contributed by atoms with van der Waals surface area (Å²) in [5, 5.41) is 3.39. The quantitative estimate of drug-likeness (QED) is 0.782. The molecule has 0 saturated carbocycles. The van der Waals surface area contributed by atoms with E-state index in [2.05, 4.69) is 19.2 Å². The van der Waals surface area contributed by atoms with Crippen LogP contribution in [0.3, 0.4) is 0 Å². The van der Waals surface area contributed by atoms with Gasteiger partial charge in [-0.3, -0.25) is 0 Å². The number of benzene rings is 1. The fraction of sp³-hybridized carbons (Fsp3) is 0.571. The van der Waals surface area contributed by atoms with Gasteiger partial charge in [-0.05, 0) is 30.5 Å². The van der Waals surface area contributed by atoms with Crippen LogP contribution in [0.5, 0.6) is 11.5 Å². The Morgan fingerprint density at radius 1 is 1.22 bits per heavy atom. The van der Waals surface area contributed by atoms with Crippen molar-refractivity contribution in [1.29, 1.82) is 0 Å². The van der Waals surface area contributed by atoms with Gasteiger partial charge in [-0.15, -0.1) is 0 Å². The molecule has 1 atom stereocenters. The Morgan fingerprint density at radius 2 is 1.94 bits per heavy atom. The molecule has 3 N–H and O–H groups in total. The third kappa shape index (κ3) is 3.81. The molecule has 0 saturated heterocycles. The SMILES string of the molecule is COc1ccc(NCC(CN)C(C)C)c(OC)c1. The summed E-state index contributed by atoms with van der Waals surface area (Å²) in [6.07, 6.45) is 0. The molecular formula is C14H24N2O2. The summed E-state index contributed by atoms with van der Waals surface area (Å²) in [6.45, 7) is 5.90. The Morgan fingerprint density at radius 3 is 2.44 bits per heavy atom. The predicted molar refractivity (Wildman–Crippen MR) is 75.4 cm³/mol. The highest BCUT2D eigenvalue weighted by atomic mass is 16.5. The number of hydrogen-bond acceptors (Lipinski definition) is 4. The molecule has 102 valence electrons. The number of hydrogen-bond donors (Lipinski definition) is 2. The molecule has 1 unspecified atom stereocenters. The van der Waals surface area contributed by atoms with Gasteiger partial charge in [0.15, 0.2) is 0 Å². The maximum Gasteiger partial charge on any atom is 0.145 e. The maximum atomic E-state index is 5.76. The second-order valence-electron chi connectivity index (χ2n) is 4.69. The van der Waals surface area contributed by atoms with E-state index in [9.17, 15) is 0 Å². The van der Waals surface area contributed by atoms with Crippen LogP contribution in [0.2, 0.25) is 0 Å². The molecule has 0 spiro atoms. The first-order chi connectivity index (χ1) is 8.62. The van der Waals surface area contributed by atoms with E-state index in [-0.39, 0.29) is 0 Å². The van der Waals surface area contributed by atoms with Crippen molar-refractivity contribution in [3.8, 4) is 11.5 Å². The highest BCUT2D eigenvalue weighted by Crippen LogP contribution is 2.29. The van der Waals surface area contributed by atoms with Crippen LogP contribution in [-0.2, 0) is 0 Å². The Balaban J connectivity index is 2.72. The zero-order valence-electron chi connectivity index (χ0n) is 11.7. The largest absolute Gasteiger partial charge is 0.497 e. The Kier molecular flexibility index (Phi) is 5.78. The van der Waals surface area contributed by atoms with E-state index in [1.54, 1.807) is 14.2 Å². The van der Waals surface area contributed by atoms with Crippen LogP contribution < -0.4 is 20.5 Å². The Hall–Kier alpha value is -1.42. The Labute approximate surface area is 109 Å². The third-order valence-electron chi connectivity index (χ3n) is 3.21. The van der Waals surface area contributed by atoms with Gasteiger partial charge in [0.25, 0.3) is 0 Å². The van der Waals surface area contributed by atoms with Crippen LogP contribution in [0.15, 0.2) is 18.2 Å². The average Bonchev–Trinajstić information content (AvgIpc) is 2.39. The van der Waals surface area contributed by atoms with E-state index in [0.717, 1.165) is 23.7 Å². The number of nitrogens with two attached hydrogens (primary N) is 1. The van der Waals surface area contributed by atoms with Gasteiger partial charge in [-0.25, -0.2) is 0 Å². The van der Waals surface area contributed by atoms with Crippen LogP contribution in [0.1, 0.15) is 13.8 Å². The summed E-state index contributed by atoms with van der Waals surface area (Å²) in [5.41, 5.74) is 6.73. The number of methoxy groups -OCH3 is 2. The molecule has 4 nitrogen and oxygen atoms in total. The maximum absolute atomic E-state index is 5.76. The molecule has 18 heavy (non-hydrogen) atoms. The highest BCUT2D eigenvalue weighted by Gasteiger charge is 2.12. The van der Waals surface area contributed by atoms with E-state index >= 15 is 0 Å². The Bertz CT molecular complexity index is 367. The summed E-state index contributed by atoms with van der Waals surface area (Å²) in [7, 11) is 3.30. The number of rotatable bonds is 7. The van der Waals surface area contributed by atoms with E-state index in [1.165, 1.54) is 0 Å². The van der Waals surface area contributed by atoms with Crippen molar-refractivity contribution in [3.63, 3.8) is 0 Å². The van der Waals surface area contributed by atoms with Gasteiger partial charge in [0.05, 0.1) is 19.9 Å². The first-order valence-electron chi connectivity index (χ1n) is 6.28. The molecule has 0 heterocycles. The van der Waals surface area contributed by atoms with Gasteiger partial charge < -0.3 is 20.5 Å². The van der Waals surface area contributed by atoms with Crippen LogP contribution in [0, 0.1) is 11.8 Å². The minimum absolute atomic E-state index is 0.455. The lowest BCUT2D eigenvalue weighted by Gasteiger charge is -2.21. The molecule has 0 bridgehead atoms. The molecule has 0 aliphatic carbocycles. The van der Waals surface area contributed by atoms with E-state index < -0.39 is 0 Å². The van der Waals surface area contributed by atoms with Crippen molar-refractivity contribution >= 4 is 5.69 Å². The molecule has 4 heteroatoms. The standard InChI is InChI=1S/C14H24N2O2/c1-10(2)11(8-15)9-16-13-6-5-12(17-3)7-14(13)18-4/h5-7,10-11,16H,8-9,15H2,1-4H3. The summed E-state index contributed by atoms with van der Waals surface area (Å²) in [6, 6.07) is 5.75. The predicted octanol–water partition coefficient (Wildman–Crippen LogP) is 2.35. The fourth-order valence-electron chi connectivity index (χ4n) is 1.78. The molecule has 1 aromatic carbocycles. The summed E-state index contributed by atoms with van der Waals surface area (Å²) < 4.78 is 10.5. The van der Waals surface area contributed by atoms with E-state index in [4.69, 9.17) is 15.2 Å². The van der Waals surface area contributed by atoms with Crippen LogP contribution in [0.4, 0.5) is 5.69 Å². The highest BCUT2D eigenvalue weighted by molar-refractivity contribution is 5.59. The van der Waals surface area contributed by atoms with Crippen molar-refractivity contribution < 1.29 is 9.47 Å². The minimum Gasteiger partial charge on any atom is -0.497 e. The normalized spacial score (nSPS) is 12.3. The fourth-order valence-corrected chi connectivity index (χ4v) is 1.78.